The summed E-state index contributed by atoms with van der Waals surface area (Å²) in [5.74, 6) is -1.00. The van der Waals surface area contributed by atoms with E-state index in [1.807, 2.05) is 43.3 Å². The molecule has 8 heteroatoms. The van der Waals surface area contributed by atoms with Gasteiger partial charge in [-0.25, -0.2) is 9.37 Å². The molecule has 1 aliphatic carbocycles. The monoisotopic (exact) mass is 522 g/mol. The van der Waals surface area contributed by atoms with Crippen molar-refractivity contribution in [2.24, 2.45) is 0 Å². The first-order chi connectivity index (χ1) is 18.9. The molecule has 2 amide bonds. The van der Waals surface area contributed by atoms with Crippen LogP contribution >= 0.6 is 0 Å². The fourth-order valence-electron chi connectivity index (χ4n) is 5.16. The number of likely N-dealkylation sites (N-methyl/N-ethyl adjacent to an activating group) is 1. The summed E-state index contributed by atoms with van der Waals surface area (Å²) in [7, 11) is 1.57. The molecule has 2 unspecified atom stereocenters. The second-order valence-electron chi connectivity index (χ2n) is 10.0. The molecule has 3 heterocycles. The van der Waals surface area contributed by atoms with Gasteiger partial charge in [-0.15, -0.1) is 0 Å². The lowest BCUT2D eigenvalue weighted by atomic mass is 9.93. The fraction of sp³-hybridized carbons (Fsp3) is 0.226. The van der Waals surface area contributed by atoms with Crippen molar-refractivity contribution in [3.05, 3.63) is 113 Å². The molecule has 4 aromatic rings. The minimum Gasteiger partial charge on any atom is -0.483 e. The number of halogens is 1. The molecule has 196 valence electrons. The van der Waals surface area contributed by atoms with Crippen LogP contribution < -0.4 is 15.4 Å². The molecule has 2 aliphatic rings. The summed E-state index contributed by atoms with van der Waals surface area (Å²) in [5.41, 5.74) is 4.49. The van der Waals surface area contributed by atoms with Crippen molar-refractivity contribution in [1.82, 2.24) is 20.6 Å². The number of nitrogens with one attached hydrogen (secondary N) is 2. The van der Waals surface area contributed by atoms with Gasteiger partial charge in [-0.2, -0.15) is 0 Å². The minimum absolute atomic E-state index is 0.177. The molecule has 0 bridgehead atoms. The number of carbonyl (C=O) groups is 2. The maximum Gasteiger partial charge on any atom is 0.252 e. The van der Waals surface area contributed by atoms with Crippen LogP contribution in [-0.2, 0) is 10.3 Å². The summed E-state index contributed by atoms with van der Waals surface area (Å²) < 4.78 is 19.7. The van der Waals surface area contributed by atoms with Gasteiger partial charge in [0.05, 0.1) is 22.6 Å². The Morgan fingerprint density at radius 2 is 1.82 bits per heavy atom. The van der Waals surface area contributed by atoms with Gasteiger partial charge in [0, 0.05) is 24.4 Å². The van der Waals surface area contributed by atoms with Gasteiger partial charge in [-0.05, 0) is 79.4 Å². The number of carbonyl (C=O) groups excluding carboxylic acids is 2. The first kappa shape index (κ1) is 24.7. The SMILES string of the molecule is CNC(=O)C1c2nc(-c3cc(C(=O)NC4(c5ccccn5)CC4)ccc3C)ccc2OC1c1ccc(F)cc1. The van der Waals surface area contributed by atoms with Crippen molar-refractivity contribution >= 4 is 11.8 Å². The average Bonchev–Trinajstić information content (AvgIpc) is 3.65. The van der Waals surface area contributed by atoms with Gasteiger partial charge in [0.1, 0.15) is 23.6 Å². The molecule has 2 N–H and O–H groups in total. The second-order valence-corrected chi connectivity index (χ2v) is 10.0. The van der Waals surface area contributed by atoms with Crippen LogP contribution in [0, 0.1) is 12.7 Å². The normalized spacial score (nSPS) is 18.5. The zero-order valence-electron chi connectivity index (χ0n) is 21.6. The molecule has 0 spiro atoms. The molecular weight excluding hydrogens is 495 g/mol. The molecule has 2 aromatic heterocycles. The number of ether oxygens (including phenoxy) is 1. The highest BCUT2D eigenvalue weighted by Crippen LogP contribution is 2.47. The lowest BCUT2D eigenvalue weighted by Crippen LogP contribution is -2.35. The predicted octanol–water partition coefficient (Wildman–Crippen LogP) is 4.97. The Morgan fingerprint density at radius 3 is 2.51 bits per heavy atom. The number of benzene rings is 2. The van der Waals surface area contributed by atoms with Crippen LogP contribution in [0.2, 0.25) is 0 Å². The third kappa shape index (κ3) is 4.52. The zero-order chi connectivity index (χ0) is 27.1. The van der Waals surface area contributed by atoms with Crippen molar-refractivity contribution in [3.8, 4) is 17.0 Å². The Labute approximate surface area is 225 Å². The van der Waals surface area contributed by atoms with Crippen molar-refractivity contribution in [3.63, 3.8) is 0 Å². The van der Waals surface area contributed by atoms with Gasteiger partial charge < -0.3 is 15.4 Å². The number of nitrogens with zero attached hydrogens (tertiary/aromatic N) is 2. The van der Waals surface area contributed by atoms with Crippen molar-refractivity contribution in [2.75, 3.05) is 7.05 Å². The highest BCUT2D eigenvalue weighted by atomic mass is 19.1. The molecule has 6 rings (SSSR count). The molecular formula is C31H27FN4O3. The summed E-state index contributed by atoms with van der Waals surface area (Å²) in [6, 6.07) is 20.8. The lowest BCUT2D eigenvalue weighted by Gasteiger charge is -2.18. The number of hydrogen-bond acceptors (Lipinski definition) is 5. The molecule has 7 nitrogen and oxygen atoms in total. The summed E-state index contributed by atoms with van der Waals surface area (Å²) in [6.07, 6.45) is 2.79. The third-order valence-corrected chi connectivity index (χ3v) is 7.50. The molecule has 39 heavy (non-hydrogen) atoms. The van der Waals surface area contributed by atoms with Crippen LogP contribution in [-0.4, -0.2) is 28.8 Å². The predicted molar refractivity (Wildman–Crippen MR) is 144 cm³/mol. The van der Waals surface area contributed by atoms with Gasteiger partial charge >= 0.3 is 0 Å². The van der Waals surface area contributed by atoms with Crippen LogP contribution in [0.25, 0.3) is 11.3 Å². The van der Waals surface area contributed by atoms with Crippen molar-refractivity contribution < 1.29 is 18.7 Å². The molecule has 0 saturated heterocycles. The fourth-order valence-corrected chi connectivity index (χ4v) is 5.16. The largest absolute Gasteiger partial charge is 0.483 e. The number of aromatic nitrogens is 2. The van der Waals surface area contributed by atoms with E-state index >= 15 is 0 Å². The van der Waals surface area contributed by atoms with Gasteiger partial charge in [0.15, 0.2) is 0 Å². The molecule has 2 aromatic carbocycles. The average molecular weight is 523 g/mol. The summed E-state index contributed by atoms with van der Waals surface area (Å²) in [5, 5.41) is 5.88. The number of hydrogen-bond donors (Lipinski definition) is 2. The third-order valence-electron chi connectivity index (χ3n) is 7.50. The first-order valence-corrected chi connectivity index (χ1v) is 12.9. The van der Waals surface area contributed by atoms with E-state index in [1.165, 1.54) is 12.1 Å². The summed E-state index contributed by atoms with van der Waals surface area (Å²) in [6.45, 7) is 1.95. The van der Waals surface area contributed by atoms with Crippen LogP contribution in [0.3, 0.4) is 0 Å². The van der Waals surface area contributed by atoms with Crippen LogP contribution in [0.4, 0.5) is 4.39 Å². The molecule has 2 atom stereocenters. The Morgan fingerprint density at radius 1 is 1.03 bits per heavy atom. The highest BCUT2D eigenvalue weighted by Gasteiger charge is 2.47. The molecule has 1 saturated carbocycles. The van der Waals surface area contributed by atoms with Crippen LogP contribution in [0.5, 0.6) is 5.75 Å². The van der Waals surface area contributed by atoms with Gasteiger partial charge in [-0.1, -0.05) is 24.3 Å². The lowest BCUT2D eigenvalue weighted by molar-refractivity contribution is -0.123. The Hall–Kier alpha value is -4.59. The maximum absolute atomic E-state index is 13.5. The quantitative estimate of drug-likeness (QED) is 0.373. The van der Waals surface area contributed by atoms with E-state index in [0.29, 0.717) is 28.3 Å². The summed E-state index contributed by atoms with van der Waals surface area (Å²) >= 11 is 0. The maximum atomic E-state index is 13.5. The van der Waals surface area contributed by atoms with E-state index in [4.69, 9.17) is 9.72 Å². The Bertz CT molecular complexity index is 1570. The number of amides is 2. The number of pyridine rings is 2. The van der Waals surface area contributed by atoms with E-state index in [-0.39, 0.29) is 17.6 Å². The van der Waals surface area contributed by atoms with Gasteiger partial charge in [0.2, 0.25) is 5.91 Å². The second kappa shape index (κ2) is 9.62. The molecule has 1 fully saturated rings. The smallest absolute Gasteiger partial charge is 0.252 e. The summed E-state index contributed by atoms with van der Waals surface area (Å²) in [4.78, 5) is 35.6. The van der Waals surface area contributed by atoms with E-state index < -0.39 is 17.6 Å². The zero-order valence-corrected chi connectivity index (χ0v) is 21.6. The molecule has 1 aliphatic heterocycles. The van der Waals surface area contributed by atoms with Gasteiger partial charge in [0.25, 0.3) is 5.91 Å². The standard InChI is InChI=1S/C31H27FN4O3/c1-18-6-7-20(29(37)36-31(14-15-31)25-5-3-4-16-34-25)17-22(18)23-12-13-24-27(35-23)26(30(38)33-2)28(39-24)19-8-10-21(32)11-9-19/h3-13,16-17,26,28H,14-15H2,1-2H3,(H,33,38)(H,36,37). The van der Waals surface area contributed by atoms with Crippen molar-refractivity contribution in [2.45, 2.75) is 37.3 Å². The van der Waals surface area contributed by atoms with Crippen LogP contribution in [0.1, 0.15) is 57.7 Å². The van der Waals surface area contributed by atoms with E-state index in [0.717, 1.165) is 29.7 Å². The Balaban J connectivity index is 1.32. The molecule has 0 radical (unpaired) electrons. The van der Waals surface area contributed by atoms with E-state index in [2.05, 4.69) is 15.6 Å². The Kier molecular flexibility index (Phi) is 6.10. The number of rotatable bonds is 6. The van der Waals surface area contributed by atoms with Crippen LogP contribution in [0.15, 0.2) is 79.0 Å². The van der Waals surface area contributed by atoms with E-state index in [9.17, 15) is 14.0 Å². The van der Waals surface area contributed by atoms with Gasteiger partial charge in [-0.3, -0.25) is 14.6 Å². The number of fused-ring (bicyclic) bond motifs is 1. The van der Waals surface area contributed by atoms with E-state index in [1.54, 1.807) is 37.5 Å². The van der Waals surface area contributed by atoms with Crippen molar-refractivity contribution in [1.29, 1.82) is 0 Å². The minimum atomic E-state index is -0.713. The first-order valence-electron chi connectivity index (χ1n) is 12.9. The highest BCUT2D eigenvalue weighted by molar-refractivity contribution is 5.96. The number of aryl methyl sites for hydroxylation is 1. The topological polar surface area (TPSA) is 93.2 Å².